The van der Waals surface area contributed by atoms with E-state index in [9.17, 15) is 0 Å². The Bertz CT molecular complexity index is 4640. The first-order valence-corrected chi connectivity index (χ1v) is 35.9. The number of hydrogen-bond donors (Lipinski definition) is 0. The van der Waals surface area contributed by atoms with Crippen LogP contribution < -0.4 is 31.1 Å². The van der Waals surface area contributed by atoms with Gasteiger partial charge >= 0.3 is 0 Å². The van der Waals surface area contributed by atoms with Gasteiger partial charge in [-0.25, -0.2) is 0 Å². The minimum atomic E-state index is -0.282. The predicted molar refractivity (Wildman–Crippen MR) is 409 cm³/mol. The Morgan fingerprint density at radius 3 is 1.11 bits per heavy atom. The van der Waals surface area contributed by atoms with Crippen LogP contribution in [0.1, 0.15) is 261 Å². The van der Waals surface area contributed by atoms with Gasteiger partial charge < -0.3 is 14.7 Å². The Morgan fingerprint density at radius 2 is 0.663 bits per heavy atom. The summed E-state index contributed by atoms with van der Waals surface area (Å²) in [6.07, 6.45) is 4.56. The van der Waals surface area contributed by atoms with Crippen LogP contribution in [0.25, 0.3) is 0 Å². The summed E-state index contributed by atoms with van der Waals surface area (Å²) in [5, 5.41) is 0. The van der Waals surface area contributed by atoms with Crippen molar-refractivity contribution in [3.63, 3.8) is 0 Å². The van der Waals surface area contributed by atoms with Crippen molar-refractivity contribution in [2.24, 2.45) is 0 Å². The van der Waals surface area contributed by atoms with Crippen LogP contribution in [0.2, 0.25) is 0 Å². The van der Waals surface area contributed by atoms with E-state index in [0.717, 1.165) is 42.7 Å². The SMILES string of the molecule is Cc1cc2c(cc1N1c3cc4c(cc3B3c5cc6c(cc5N(c5ccc7c(c5)C(C)(C)CCC7(C)C)c5cc(N(c7ccc(C(C)(C)C)cc7)c7ccc(C(C)(C)C)cc7)cc1c53)C(C)(C)c1ccccc1C6(C)C)C(C)(C)CCC4(C)C)C(C)(C)c1ccccc1C2(C)C. The molecule has 15 rings (SSSR count). The number of rotatable bonds is 5. The Labute approximate surface area is 571 Å². The highest BCUT2D eigenvalue weighted by molar-refractivity contribution is 7.00. The lowest BCUT2D eigenvalue weighted by atomic mass is 9.32. The molecule has 0 saturated heterocycles. The van der Waals surface area contributed by atoms with Crippen LogP contribution in [0.5, 0.6) is 0 Å². The standard InChI is InChI=1S/C91H104BN3/c1-55-46-70-72(90(20,21)65-30-26-24-28-63(65)88(70,16)17)53-76(55)95-78-52-69-68(86(12,13)44-45-87(69,14)15)50-74(78)92-75-51-71-73(91(22,23)66-31-27-25-29-64(66)89(71,18)19)54-77(75)94(60-40-41-62-67(47-60)85(10,11)43-42-84(62,8)9)79-48-61(49-80(95)81(79)92)93(58-36-32-56(33-37-58)82(2,3)4)59-38-34-57(35-39-59)83(5,6)7/h24-41,46-54H,42-45H2,1-23H3. The monoisotopic (exact) mass is 1250 g/mol. The topological polar surface area (TPSA) is 9.72 Å². The molecule has 9 aromatic carbocycles. The summed E-state index contributed by atoms with van der Waals surface area (Å²) in [7, 11) is 0. The van der Waals surface area contributed by atoms with Gasteiger partial charge in [0.2, 0.25) is 0 Å². The molecule has 0 spiro atoms. The lowest BCUT2D eigenvalue weighted by Gasteiger charge is -2.50. The lowest BCUT2D eigenvalue weighted by molar-refractivity contribution is 0.332. The van der Waals surface area contributed by atoms with Crippen LogP contribution in [-0.4, -0.2) is 6.71 Å². The second kappa shape index (κ2) is 20.3. The molecular weight excluding hydrogens is 1150 g/mol. The molecule has 2 heterocycles. The molecule has 2 aliphatic heterocycles. The Hall–Kier alpha value is -7.56. The first-order valence-electron chi connectivity index (χ1n) is 35.9. The summed E-state index contributed by atoms with van der Waals surface area (Å²) in [6, 6.07) is 66.8. The number of nitrogens with zero attached hydrogens (tertiary/aromatic N) is 3. The maximum Gasteiger partial charge on any atom is 0.252 e. The van der Waals surface area contributed by atoms with Gasteiger partial charge in [0.25, 0.3) is 6.71 Å². The van der Waals surface area contributed by atoms with E-state index >= 15 is 0 Å². The van der Waals surface area contributed by atoms with Crippen LogP contribution in [-0.2, 0) is 54.1 Å². The molecule has 4 heteroatoms. The molecular formula is C91H104BN3. The molecule has 0 atom stereocenters. The zero-order valence-electron chi connectivity index (χ0n) is 61.8. The van der Waals surface area contributed by atoms with Crippen molar-refractivity contribution in [1.29, 1.82) is 0 Å². The zero-order chi connectivity index (χ0) is 67.8. The Morgan fingerprint density at radius 1 is 0.316 bits per heavy atom. The van der Waals surface area contributed by atoms with E-state index in [2.05, 4.69) is 338 Å². The normalized spacial score (nSPS) is 19.5. The van der Waals surface area contributed by atoms with Gasteiger partial charge in [0.15, 0.2) is 0 Å². The highest BCUT2D eigenvalue weighted by Gasteiger charge is 2.52. The maximum atomic E-state index is 2.80. The second-order valence-electron chi connectivity index (χ2n) is 36.9. The van der Waals surface area contributed by atoms with Crippen molar-refractivity contribution in [3.8, 4) is 0 Å². The third kappa shape index (κ3) is 9.30. The summed E-state index contributed by atoms with van der Waals surface area (Å²) in [6.45, 7) is 56.2. The van der Waals surface area contributed by atoms with Gasteiger partial charge in [-0.3, -0.25) is 0 Å². The molecule has 3 nitrogen and oxygen atoms in total. The molecule has 0 fully saturated rings. The fourth-order valence-corrected chi connectivity index (χ4v) is 18.9. The van der Waals surface area contributed by atoms with Gasteiger partial charge in [0.05, 0.1) is 5.69 Å². The number of benzene rings is 9. The van der Waals surface area contributed by atoms with Gasteiger partial charge in [-0.05, 0) is 232 Å². The van der Waals surface area contributed by atoms with Crippen molar-refractivity contribution in [3.05, 3.63) is 247 Å². The van der Waals surface area contributed by atoms with Crippen LogP contribution >= 0.6 is 0 Å². The number of hydrogen-bond acceptors (Lipinski definition) is 3. The quantitative estimate of drug-likeness (QED) is 0.159. The third-order valence-corrected chi connectivity index (χ3v) is 25.3. The number of aryl methyl sites for hydroxylation is 1. The summed E-state index contributed by atoms with van der Waals surface area (Å²) in [5.41, 5.74) is 35.1. The Kier molecular flexibility index (Phi) is 13.5. The molecule has 0 radical (unpaired) electrons. The van der Waals surface area contributed by atoms with E-state index in [4.69, 9.17) is 0 Å². The zero-order valence-corrected chi connectivity index (χ0v) is 61.8. The molecule has 486 valence electrons. The highest BCUT2D eigenvalue weighted by Crippen LogP contribution is 2.59. The molecule has 0 N–H and O–H groups in total. The van der Waals surface area contributed by atoms with E-state index in [0.29, 0.717) is 0 Å². The smallest absolute Gasteiger partial charge is 0.252 e. The van der Waals surface area contributed by atoms with Gasteiger partial charge in [-0.15, -0.1) is 0 Å². The molecule has 0 saturated carbocycles. The van der Waals surface area contributed by atoms with Crippen LogP contribution in [0, 0.1) is 6.92 Å². The number of fused-ring (bicyclic) bond motifs is 10. The first kappa shape index (κ1) is 63.5. The largest absolute Gasteiger partial charge is 0.311 e. The van der Waals surface area contributed by atoms with Crippen molar-refractivity contribution in [1.82, 2.24) is 0 Å². The van der Waals surface area contributed by atoms with Crippen molar-refractivity contribution >= 4 is 74.3 Å². The van der Waals surface area contributed by atoms with E-state index in [-0.39, 0.29) is 60.9 Å². The van der Waals surface area contributed by atoms with E-state index < -0.39 is 0 Å². The van der Waals surface area contributed by atoms with Gasteiger partial charge in [-0.2, -0.15) is 0 Å². The summed E-state index contributed by atoms with van der Waals surface area (Å²) in [4.78, 5) is 8.16. The van der Waals surface area contributed by atoms with Gasteiger partial charge in [0.1, 0.15) is 0 Å². The van der Waals surface area contributed by atoms with E-state index in [1.807, 2.05) is 0 Å². The Balaban J connectivity index is 1.13. The molecule has 0 bridgehead atoms. The molecule has 6 aliphatic rings. The first-order chi connectivity index (χ1) is 44.3. The van der Waals surface area contributed by atoms with E-state index in [1.54, 1.807) is 0 Å². The highest BCUT2D eigenvalue weighted by atomic mass is 15.2. The summed E-state index contributed by atoms with van der Waals surface area (Å²) < 4.78 is 0. The van der Waals surface area contributed by atoms with E-state index in [1.165, 1.54) is 134 Å². The summed E-state index contributed by atoms with van der Waals surface area (Å²) >= 11 is 0. The molecule has 9 aromatic rings. The average Bonchev–Trinajstić information content (AvgIpc) is 0.680. The molecule has 0 unspecified atom stereocenters. The van der Waals surface area contributed by atoms with Gasteiger partial charge in [0, 0.05) is 67.2 Å². The van der Waals surface area contributed by atoms with Crippen LogP contribution in [0.3, 0.4) is 0 Å². The minimum Gasteiger partial charge on any atom is -0.311 e. The van der Waals surface area contributed by atoms with Crippen molar-refractivity contribution in [2.75, 3.05) is 14.7 Å². The molecule has 4 aliphatic carbocycles. The summed E-state index contributed by atoms with van der Waals surface area (Å²) in [5.74, 6) is 0. The van der Waals surface area contributed by atoms with Crippen molar-refractivity contribution in [2.45, 2.75) is 239 Å². The lowest BCUT2D eigenvalue weighted by Crippen LogP contribution is -2.62. The van der Waals surface area contributed by atoms with Gasteiger partial charge in [-0.1, -0.05) is 249 Å². The fourth-order valence-electron chi connectivity index (χ4n) is 18.9. The third-order valence-electron chi connectivity index (χ3n) is 25.3. The molecule has 0 amide bonds. The van der Waals surface area contributed by atoms with Crippen molar-refractivity contribution < 1.29 is 0 Å². The fraction of sp³-hybridized carbons (Fsp3) is 0.407. The maximum absolute atomic E-state index is 2.80. The number of anilines is 9. The molecule has 95 heavy (non-hydrogen) atoms. The average molecular weight is 1250 g/mol. The minimum absolute atomic E-state index is 0.0181. The second-order valence-corrected chi connectivity index (χ2v) is 36.9. The predicted octanol–water partition coefficient (Wildman–Crippen LogP) is 22.8. The molecule has 0 aromatic heterocycles. The van der Waals surface area contributed by atoms with Crippen LogP contribution in [0.15, 0.2) is 164 Å². The van der Waals surface area contributed by atoms with Crippen LogP contribution in [0.4, 0.5) is 51.2 Å².